The number of carbonyl (C=O) groups is 1. The first-order valence-electron chi connectivity index (χ1n) is 11.8. The second-order valence-corrected chi connectivity index (χ2v) is 9.85. The van der Waals surface area contributed by atoms with Crippen molar-refractivity contribution in [1.29, 1.82) is 0 Å². The van der Waals surface area contributed by atoms with Gasteiger partial charge in [0.25, 0.3) is 5.91 Å². The minimum atomic E-state index is -0.724. The van der Waals surface area contributed by atoms with E-state index in [0.29, 0.717) is 29.1 Å². The highest BCUT2D eigenvalue weighted by molar-refractivity contribution is 9.10. The number of anilines is 1. The van der Waals surface area contributed by atoms with Crippen molar-refractivity contribution in [2.75, 3.05) is 4.90 Å². The summed E-state index contributed by atoms with van der Waals surface area (Å²) >= 11 is 3.44. The Morgan fingerprint density at radius 2 is 1.81 bits per heavy atom. The van der Waals surface area contributed by atoms with Crippen molar-refractivity contribution in [3.8, 4) is 5.75 Å². The van der Waals surface area contributed by atoms with E-state index in [1.54, 1.807) is 30.5 Å². The van der Waals surface area contributed by atoms with Crippen molar-refractivity contribution in [1.82, 2.24) is 4.98 Å². The van der Waals surface area contributed by atoms with Crippen molar-refractivity contribution in [3.05, 3.63) is 134 Å². The van der Waals surface area contributed by atoms with Crippen LogP contribution in [0.25, 0.3) is 11.0 Å². The lowest BCUT2D eigenvalue weighted by atomic mass is 9.98. The highest BCUT2D eigenvalue weighted by atomic mass is 79.9. The number of hydrogen-bond acceptors (Lipinski definition) is 5. The van der Waals surface area contributed by atoms with Crippen LogP contribution in [0.15, 0.2) is 105 Å². The lowest BCUT2D eigenvalue weighted by Gasteiger charge is -2.24. The molecule has 6 nitrogen and oxygen atoms in total. The zero-order valence-corrected chi connectivity index (χ0v) is 21.4. The Balaban J connectivity index is 1.50. The van der Waals surface area contributed by atoms with Crippen LogP contribution in [0.4, 0.5) is 5.82 Å². The molecule has 0 radical (unpaired) electrons. The molecule has 1 aliphatic heterocycles. The number of nitrogens with zero attached hydrogens (tertiary/aromatic N) is 2. The number of halogens is 1. The summed E-state index contributed by atoms with van der Waals surface area (Å²) in [5.41, 5.74) is 3.13. The molecule has 0 saturated carbocycles. The maximum atomic E-state index is 13.8. The van der Waals surface area contributed by atoms with Crippen molar-refractivity contribution < 1.29 is 13.9 Å². The van der Waals surface area contributed by atoms with Gasteiger partial charge in [-0.15, -0.1) is 0 Å². The summed E-state index contributed by atoms with van der Waals surface area (Å²) in [6.07, 6.45) is 1.70. The molecule has 0 aliphatic carbocycles. The monoisotopic (exact) mass is 552 g/mol. The molecule has 1 aliphatic rings. The molecule has 0 fully saturated rings. The lowest BCUT2D eigenvalue weighted by Crippen LogP contribution is -2.30. The van der Waals surface area contributed by atoms with Gasteiger partial charge in [0.15, 0.2) is 5.43 Å². The molecule has 0 bridgehead atoms. The summed E-state index contributed by atoms with van der Waals surface area (Å²) < 4.78 is 12.8. The predicted octanol–water partition coefficient (Wildman–Crippen LogP) is 6.59. The molecule has 0 N–H and O–H groups in total. The van der Waals surface area contributed by atoms with E-state index in [1.807, 2.05) is 67.6 Å². The molecule has 1 unspecified atom stereocenters. The van der Waals surface area contributed by atoms with E-state index in [0.717, 1.165) is 21.2 Å². The van der Waals surface area contributed by atoms with Gasteiger partial charge in [-0.3, -0.25) is 14.5 Å². The molecule has 182 valence electrons. The lowest BCUT2D eigenvalue weighted by molar-refractivity contribution is 0.0970. The predicted molar refractivity (Wildman–Crippen MR) is 145 cm³/mol. The van der Waals surface area contributed by atoms with E-state index in [1.165, 1.54) is 4.90 Å². The fraction of sp³-hybridized carbons (Fsp3) is 0.100. The molecular weight excluding hydrogens is 532 g/mol. The minimum Gasteiger partial charge on any atom is -0.489 e. The second kappa shape index (κ2) is 9.33. The SMILES string of the molecule is Cc1ccc(N2C(=O)c3oc4ccc(Br)cc4c(=O)c3C2c2cccc(OCc3ccccc3)c2)nc1. The standard InChI is InChI=1S/C30H21BrN2O4/c1-18-10-13-25(32-16-18)33-27(20-8-5-9-22(14-20)36-17-19-6-3-2-4-7-19)26-28(34)23-15-21(31)11-12-24(23)37-29(26)30(33)35/h2-16,27H,17H2,1H3. The largest absolute Gasteiger partial charge is 0.489 e. The number of aromatic nitrogens is 1. The summed E-state index contributed by atoms with van der Waals surface area (Å²) in [6, 6.07) is 25.5. The number of fused-ring (bicyclic) bond motifs is 2. The third-order valence-electron chi connectivity index (χ3n) is 6.40. The van der Waals surface area contributed by atoms with Gasteiger partial charge in [0.2, 0.25) is 5.76 Å². The highest BCUT2D eigenvalue weighted by Crippen LogP contribution is 2.41. The first-order valence-corrected chi connectivity index (χ1v) is 12.6. The molecule has 1 atom stereocenters. The van der Waals surface area contributed by atoms with E-state index in [-0.39, 0.29) is 16.8 Å². The van der Waals surface area contributed by atoms with Gasteiger partial charge >= 0.3 is 0 Å². The number of benzene rings is 3. The van der Waals surface area contributed by atoms with E-state index in [2.05, 4.69) is 20.9 Å². The van der Waals surface area contributed by atoms with Crippen LogP contribution < -0.4 is 15.1 Å². The maximum absolute atomic E-state index is 13.8. The summed E-state index contributed by atoms with van der Waals surface area (Å²) in [7, 11) is 0. The van der Waals surface area contributed by atoms with Crippen LogP contribution in [0.1, 0.15) is 38.9 Å². The van der Waals surface area contributed by atoms with Crippen molar-refractivity contribution >= 4 is 38.6 Å². The fourth-order valence-corrected chi connectivity index (χ4v) is 4.98. The molecule has 2 aromatic heterocycles. The van der Waals surface area contributed by atoms with Crippen LogP contribution >= 0.6 is 15.9 Å². The molecule has 5 aromatic rings. The van der Waals surface area contributed by atoms with Crippen LogP contribution in [0.2, 0.25) is 0 Å². The Morgan fingerprint density at radius 1 is 0.973 bits per heavy atom. The van der Waals surface area contributed by atoms with Crippen LogP contribution in [-0.2, 0) is 6.61 Å². The van der Waals surface area contributed by atoms with Gasteiger partial charge in [0.05, 0.1) is 17.0 Å². The van der Waals surface area contributed by atoms with Gasteiger partial charge < -0.3 is 9.15 Å². The van der Waals surface area contributed by atoms with Gasteiger partial charge in [-0.05, 0) is 60.0 Å². The maximum Gasteiger partial charge on any atom is 0.296 e. The molecule has 1 amide bonds. The average molecular weight is 553 g/mol. The Kier molecular flexibility index (Phi) is 5.85. The molecule has 0 saturated heterocycles. The topological polar surface area (TPSA) is 72.6 Å². The summed E-state index contributed by atoms with van der Waals surface area (Å²) in [5, 5.41) is 0.404. The van der Waals surface area contributed by atoms with E-state index < -0.39 is 11.9 Å². The van der Waals surface area contributed by atoms with Gasteiger partial charge in [-0.2, -0.15) is 0 Å². The first kappa shape index (κ1) is 23.2. The highest BCUT2D eigenvalue weighted by Gasteiger charge is 2.44. The molecule has 3 heterocycles. The smallest absolute Gasteiger partial charge is 0.296 e. The molecule has 6 rings (SSSR count). The quantitative estimate of drug-likeness (QED) is 0.246. The number of rotatable bonds is 5. The Morgan fingerprint density at radius 3 is 2.59 bits per heavy atom. The summed E-state index contributed by atoms with van der Waals surface area (Å²) in [4.78, 5) is 33.6. The van der Waals surface area contributed by atoms with Gasteiger partial charge in [0, 0.05) is 10.7 Å². The Bertz CT molecular complexity index is 1700. The van der Waals surface area contributed by atoms with Crippen LogP contribution in [0.3, 0.4) is 0 Å². The fourth-order valence-electron chi connectivity index (χ4n) is 4.61. The van der Waals surface area contributed by atoms with E-state index in [9.17, 15) is 9.59 Å². The number of hydrogen-bond donors (Lipinski definition) is 0. The first-order chi connectivity index (χ1) is 18.0. The zero-order valence-electron chi connectivity index (χ0n) is 19.9. The number of amides is 1. The van der Waals surface area contributed by atoms with Crippen LogP contribution in [0.5, 0.6) is 5.75 Å². The summed E-state index contributed by atoms with van der Waals surface area (Å²) in [6.45, 7) is 2.33. The van der Waals surface area contributed by atoms with Gasteiger partial charge in [-0.25, -0.2) is 4.98 Å². The molecule has 37 heavy (non-hydrogen) atoms. The third kappa shape index (κ3) is 4.21. The molecular formula is C30H21BrN2O4. The van der Waals surface area contributed by atoms with Crippen LogP contribution in [-0.4, -0.2) is 10.9 Å². The Hall–Kier alpha value is -4.23. The van der Waals surface area contributed by atoms with Crippen LogP contribution in [0, 0.1) is 6.92 Å². The number of aryl methyl sites for hydroxylation is 1. The molecule has 3 aromatic carbocycles. The number of ether oxygens (including phenoxy) is 1. The molecule has 7 heteroatoms. The van der Waals surface area contributed by atoms with Gasteiger partial charge in [-0.1, -0.05) is 64.5 Å². The van der Waals surface area contributed by atoms with E-state index >= 15 is 0 Å². The number of carbonyl (C=O) groups excluding carboxylic acids is 1. The zero-order chi connectivity index (χ0) is 25.5. The van der Waals surface area contributed by atoms with Crippen molar-refractivity contribution in [2.24, 2.45) is 0 Å². The van der Waals surface area contributed by atoms with Crippen molar-refractivity contribution in [3.63, 3.8) is 0 Å². The average Bonchev–Trinajstić information content (AvgIpc) is 3.21. The molecule has 0 spiro atoms. The van der Waals surface area contributed by atoms with Gasteiger partial charge in [0.1, 0.15) is 23.8 Å². The summed E-state index contributed by atoms with van der Waals surface area (Å²) in [5.74, 6) is 0.691. The third-order valence-corrected chi connectivity index (χ3v) is 6.89. The second-order valence-electron chi connectivity index (χ2n) is 8.93. The number of pyridine rings is 1. The minimum absolute atomic E-state index is 0.0304. The van der Waals surface area contributed by atoms with E-state index in [4.69, 9.17) is 9.15 Å². The normalized spacial score (nSPS) is 14.7. The Labute approximate surface area is 221 Å². The van der Waals surface area contributed by atoms with Crippen molar-refractivity contribution in [2.45, 2.75) is 19.6 Å².